The van der Waals surface area contributed by atoms with Crippen LogP contribution in [0.5, 0.6) is 5.75 Å². The molecule has 1 aliphatic carbocycles. The van der Waals surface area contributed by atoms with Crippen LogP contribution in [0.2, 0.25) is 5.02 Å². The summed E-state index contributed by atoms with van der Waals surface area (Å²) in [5.41, 5.74) is 4.01. The Kier molecular flexibility index (Phi) is 6.56. The lowest BCUT2D eigenvalue weighted by molar-refractivity contribution is -0.127. The zero-order chi connectivity index (χ0) is 18.4. The van der Waals surface area contributed by atoms with Gasteiger partial charge in [-0.2, -0.15) is 0 Å². The number of carbonyl (C=O) groups is 1. The van der Waals surface area contributed by atoms with Crippen LogP contribution < -0.4 is 10.1 Å². The Morgan fingerprint density at radius 3 is 2.62 bits per heavy atom. The zero-order valence-electron chi connectivity index (χ0n) is 15.3. The second-order valence-corrected chi connectivity index (χ2v) is 7.36. The van der Waals surface area contributed by atoms with Crippen molar-refractivity contribution in [2.45, 2.75) is 51.6 Å². The Balaban J connectivity index is 1.42. The van der Waals surface area contributed by atoms with E-state index < -0.39 is 6.10 Å². The van der Waals surface area contributed by atoms with E-state index in [4.69, 9.17) is 16.3 Å². The van der Waals surface area contributed by atoms with Crippen LogP contribution in [-0.4, -0.2) is 18.6 Å². The van der Waals surface area contributed by atoms with Crippen molar-refractivity contribution in [2.75, 3.05) is 6.54 Å². The minimum absolute atomic E-state index is 0.0705. The fourth-order valence-corrected chi connectivity index (χ4v) is 3.47. The van der Waals surface area contributed by atoms with E-state index in [1.807, 2.05) is 30.3 Å². The van der Waals surface area contributed by atoms with E-state index in [0.29, 0.717) is 6.54 Å². The van der Waals surface area contributed by atoms with Gasteiger partial charge >= 0.3 is 0 Å². The van der Waals surface area contributed by atoms with Crippen LogP contribution in [0.4, 0.5) is 0 Å². The SMILES string of the molecule is C[C@@H](Oc1ccc2c(c1)CCCC2)C(=O)NCCCc1ccc(Cl)cc1. The van der Waals surface area contributed by atoms with Crippen molar-refractivity contribution in [3.05, 3.63) is 64.2 Å². The number of nitrogens with one attached hydrogen (secondary N) is 1. The molecular weight excluding hydrogens is 346 g/mol. The van der Waals surface area contributed by atoms with Gasteiger partial charge in [-0.1, -0.05) is 29.8 Å². The van der Waals surface area contributed by atoms with Gasteiger partial charge in [0.15, 0.2) is 6.10 Å². The monoisotopic (exact) mass is 371 g/mol. The van der Waals surface area contributed by atoms with Crippen LogP contribution in [-0.2, 0) is 24.1 Å². The molecule has 138 valence electrons. The highest BCUT2D eigenvalue weighted by Crippen LogP contribution is 2.25. The van der Waals surface area contributed by atoms with Gasteiger partial charge in [0.2, 0.25) is 0 Å². The molecule has 4 heteroatoms. The molecule has 0 heterocycles. The van der Waals surface area contributed by atoms with Crippen LogP contribution in [0.3, 0.4) is 0 Å². The predicted octanol–water partition coefficient (Wildman–Crippen LogP) is 4.74. The Labute approximate surface area is 160 Å². The first kappa shape index (κ1) is 18.8. The summed E-state index contributed by atoms with van der Waals surface area (Å²) >= 11 is 5.88. The minimum atomic E-state index is -0.493. The summed E-state index contributed by atoms with van der Waals surface area (Å²) in [4.78, 5) is 12.2. The molecule has 2 aromatic rings. The van der Waals surface area contributed by atoms with Gasteiger partial charge in [0.25, 0.3) is 5.91 Å². The summed E-state index contributed by atoms with van der Waals surface area (Å²) < 4.78 is 5.84. The number of hydrogen-bond acceptors (Lipinski definition) is 2. The number of carbonyl (C=O) groups excluding carboxylic acids is 1. The third-order valence-corrected chi connectivity index (χ3v) is 5.11. The van der Waals surface area contributed by atoms with Crippen molar-refractivity contribution in [1.82, 2.24) is 5.32 Å². The van der Waals surface area contributed by atoms with E-state index in [-0.39, 0.29) is 5.91 Å². The smallest absolute Gasteiger partial charge is 0.260 e. The van der Waals surface area contributed by atoms with Crippen molar-refractivity contribution in [3.8, 4) is 5.75 Å². The molecule has 3 rings (SSSR count). The summed E-state index contributed by atoms with van der Waals surface area (Å²) in [5.74, 6) is 0.716. The molecule has 0 spiro atoms. The molecule has 2 aromatic carbocycles. The predicted molar refractivity (Wildman–Crippen MR) is 106 cm³/mol. The molecule has 1 amide bonds. The number of ether oxygens (including phenoxy) is 1. The third kappa shape index (κ3) is 5.25. The van der Waals surface area contributed by atoms with Crippen molar-refractivity contribution >= 4 is 17.5 Å². The highest BCUT2D eigenvalue weighted by Gasteiger charge is 2.16. The van der Waals surface area contributed by atoms with Gasteiger partial charge in [-0.3, -0.25) is 4.79 Å². The maximum Gasteiger partial charge on any atom is 0.260 e. The quantitative estimate of drug-likeness (QED) is 0.714. The van der Waals surface area contributed by atoms with Crippen LogP contribution in [0.15, 0.2) is 42.5 Å². The van der Waals surface area contributed by atoms with Gasteiger partial charge < -0.3 is 10.1 Å². The average molecular weight is 372 g/mol. The first-order valence-corrected chi connectivity index (χ1v) is 9.80. The van der Waals surface area contributed by atoms with Crippen molar-refractivity contribution in [2.24, 2.45) is 0 Å². The lowest BCUT2D eigenvalue weighted by Crippen LogP contribution is -2.37. The minimum Gasteiger partial charge on any atom is -0.481 e. The number of halogens is 1. The summed E-state index contributed by atoms with van der Waals surface area (Å²) in [5, 5.41) is 3.70. The first-order valence-electron chi connectivity index (χ1n) is 9.42. The molecular formula is C22H26ClNO2. The number of fused-ring (bicyclic) bond motifs is 1. The average Bonchev–Trinajstić information content (AvgIpc) is 2.66. The fraction of sp³-hybridized carbons (Fsp3) is 0.409. The van der Waals surface area contributed by atoms with Crippen molar-refractivity contribution in [3.63, 3.8) is 0 Å². The van der Waals surface area contributed by atoms with Gasteiger partial charge in [0, 0.05) is 11.6 Å². The Hall–Kier alpha value is -2.00. The van der Waals surface area contributed by atoms with E-state index >= 15 is 0 Å². The lowest BCUT2D eigenvalue weighted by Gasteiger charge is -2.19. The number of amides is 1. The second kappa shape index (κ2) is 9.09. The van der Waals surface area contributed by atoms with Gasteiger partial charge in [0.05, 0.1) is 0 Å². The first-order chi connectivity index (χ1) is 12.6. The maximum atomic E-state index is 12.2. The molecule has 0 radical (unpaired) electrons. The fourth-order valence-electron chi connectivity index (χ4n) is 3.34. The van der Waals surface area contributed by atoms with Crippen LogP contribution in [0, 0.1) is 0 Å². The molecule has 3 nitrogen and oxygen atoms in total. The number of hydrogen-bond donors (Lipinski definition) is 1. The molecule has 26 heavy (non-hydrogen) atoms. The third-order valence-electron chi connectivity index (χ3n) is 4.86. The Bertz CT molecular complexity index is 742. The highest BCUT2D eigenvalue weighted by atomic mass is 35.5. The number of benzene rings is 2. The summed E-state index contributed by atoms with van der Waals surface area (Å²) in [6, 6.07) is 14.0. The van der Waals surface area contributed by atoms with Crippen LogP contribution in [0.1, 0.15) is 42.9 Å². The normalized spacial score (nSPS) is 14.4. The molecule has 0 aliphatic heterocycles. The molecule has 0 fully saturated rings. The maximum absolute atomic E-state index is 12.2. The summed E-state index contributed by atoms with van der Waals surface area (Å²) in [6.07, 6.45) is 6.07. The topological polar surface area (TPSA) is 38.3 Å². The van der Waals surface area contributed by atoms with Gasteiger partial charge in [-0.25, -0.2) is 0 Å². The van der Waals surface area contributed by atoms with Gasteiger partial charge in [0.1, 0.15) is 5.75 Å². The van der Waals surface area contributed by atoms with E-state index in [1.165, 1.54) is 29.5 Å². The van der Waals surface area contributed by atoms with Gasteiger partial charge in [-0.15, -0.1) is 0 Å². The zero-order valence-corrected chi connectivity index (χ0v) is 16.0. The Morgan fingerprint density at radius 2 is 1.85 bits per heavy atom. The molecule has 0 unspecified atom stereocenters. The Morgan fingerprint density at radius 1 is 1.12 bits per heavy atom. The highest BCUT2D eigenvalue weighted by molar-refractivity contribution is 6.30. The van der Waals surface area contributed by atoms with E-state index in [9.17, 15) is 4.79 Å². The van der Waals surface area contributed by atoms with E-state index in [2.05, 4.69) is 17.4 Å². The second-order valence-electron chi connectivity index (χ2n) is 6.92. The molecule has 0 saturated carbocycles. The lowest BCUT2D eigenvalue weighted by atomic mass is 9.92. The van der Waals surface area contributed by atoms with Crippen molar-refractivity contribution < 1.29 is 9.53 Å². The molecule has 1 N–H and O–H groups in total. The standard InChI is InChI=1S/C22H26ClNO2/c1-16(26-21-13-10-18-6-2-3-7-19(18)15-21)22(25)24-14-4-5-17-8-11-20(23)12-9-17/h8-13,15-16H,2-7,14H2,1H3,(H,24,25)/t16-/m1/s1. The van der Waals surface area contributed by atoms with E-state index in [0.717, 1.165) is 36.5 Å². The molecule has 0 bridgehead atoms. The van der Waals surface area contributed by atoms with Gasteiger partial charge in [-0.05, 0) is 86.4 Å². The van der Waals surface area contributed by atoms with E-state index in [1.54, 1.807) is 6.92 Å². The van der Waals surface area contributed by atoms with Crippen LogP contribution in [0.25, 0.3) is 0 Å². The molecule has 1 atom stereocenters. The summed E-state index contributed by atoms with van der Waals surface area (Å²) in [6.45, 7) is 2.44. The number of aryl methyl sites for hydroxylation is 3. The largest absolute Gasteiger partial charge is 0.481 e. The van der Waals surface area contributed by atoms with Crippen molar-refractivity contribution in [1.29, 1.82) is 0 Å². The molecule has 0 aromatic heterocycles. The summed E-state index contributed by atoms with van der Waals surface area (Å²) in [7, 11) is 0. The number of rotatable bonds is 7. The molecule has 1 aliphatic rings. The van der Waals surface area contributed by atoms with Crippen LogP contribution >= 0.6 is 11.6 Å². The molecule has 0 saturated heterocycles.